The number of esters is 2. The average molecular weight is 436 g/mol. The zero-order chi connectivity index (χ0) is 22.1. The second-order valence-electron chi connectivity index (χ2n) is 6.16. The van der Waals surface area contributed by atoms with Crippen molar-refractivity contribution in [2.45, 2.75) is 32.4 Å². The molecule has 2 rings (SSSR count). The standard InChI is InChI=1S/C20H25N3O6S/c1-4-21-16(24)11-15-18(26)23(12-17(25)28-5-2)20(30-15)22-14-9-7-13(8-10-14)19(27)29-6-3/h7-10,15H,4-6,11-12H2,1-3H3,(H,21,24)/t15-/m0/s1. The van der Waals surface area contributed by atoms with Gasteiger partial charge in [-0.05, 0) is 45.0 Å². The van der Waals surface area contributed by atoms with Crippen molar-refractivity contribution in [1.29, 1.82) is 0 Å². The lowest BCUT2D eigenvalue weighted by Gasteiger charge is -2.15. The summed E-state index contributed by atoms with van der Waals surface area (Å²) in [6.45, 7) is 5.84. The Labute approximate surface area is 179 Å². The number of nitrogens with one attached hydrogen (secondary N) is 1. The first-order valence-corrected chi connectivity index (χ1v) is 10.5. The van der Waals surface area contributed by atoms with Crippen LogP contribution in [-0.2, 0) is 23.9 Å². The lowest BCUT2D eigenvalue weighted by molar-refractivity contribution is -0.146. The fourth-order valence-corrected chi connectivity index (χ4v) is 3.80. The Hall–Kier alpha value is -2.88. The molecule has 9 nitrogen and oxygen atoms in total. The maximum atomic E-state index is 12.8. The first-order valence-electron chi connectivity index (χ1n) is 9.65. The largest absolute Gasteiger partial charge is 0.465 e. The van der Waals surface area contributed by atoms with E-state index in [1.165, 1.54) is 4.90 Å². The van der Waals surface area contributed by atoms with Gasteiger partial charge in [-0.3, -0.25) is 19.3 Å². The Balaban J connectivity index is 2.23. The second-order valence-corrected chi connectivity index (χ2v) is 7.33. The van der Waals surface area contributed by atoms with Crippen LogP contribution in [0.2, 0.25) is 0 Å². The number of amidine groups is 1. The van der Waals surface area contributed by atoms with Crippen molar-refractivity contribution >= 4 is 46.4 Å². The third kappa shape index (κ3) is 6.31. The fraction of sp³-hybridized carbons (Fsp3) is 0.450. The Morgan fingerprint density at radius 2 is 1.77 bits per heavy atom. The number of nitrogens with zero attached hydrogens (tertiary/aromatic N) is 2. The number of ether oxygens (including phenoxy) is 2. The van der Waals surface area contributed by atoms with Gasteiger partial charge in [0.15, 0.2) is 5.17 Å². The maximum Gasteiger partial charge on any atom is 0.338 e. The van der Waals surface area contributed by atoms with E-state index in [0.29, 0.717) is 23.0 Å². The Morgan fingerprint density at radius 3 is 2.37 bits per heavy atom. The van der Waals surface area contributed by atoms with Crippen LogP contribution in [0.3, 0.4) is 0 Å². The molecule has 1 aliphatic rings. The lowest BCUT2D eigenvalue weighted by Crippen LogP contribution is -2.38. The van der Waals surface area contributed by atoms with Gasteiger partial charge >= 0.3 is 11.9 Å². The van der Waals surface area contributed by atoms with Crippen molar-refractivity contribution in [3.63, 3.8) is 0 Å². The minimum atomic E-state index is -0.677. The summed E-state index contributed by atoms with van der Waals surface area (Å²) in [6, 6.07) is 6.37. The number of carbonyl (C=O) groups is 4. The van der Waals surface area contributed by atoms with Crippen molar-refractivity contribution in [1.82, 2.24) is 10.2 Å². The molecule has 1 aromatic carbocycles. The van der Waals surface area contributed by atoms with Gasteiger partial charge in [0.25, 0.3) is 0 Å². The normalized spacial score (nSPS) is 17.2. The van der Waals surface area contributed by atoms with Crippen molar-refractivity contribution in [3.05, 3.63) is 29.8 Å². The van der Waals surface area contributed by atoms with E-state index in [2.05, 4.69) is 10.3 Å². The molecule has 162 valence electrons. The average Bonchev–Trinajstić information content (AvgIpc) is 2.98. The van der Waals surface area contributed by atoms with Gasteiger partial charge in [-0.2, -0.15) is 0 Å². The number of carbonyl (C=O) groups excluding carboxylic acids is 4. The molecule has 1 saturated heterocycles. The number of hydrogen-bond acceptors (Lipinski definition) is 8. The topological polar surface area (TPSA) is 114 Å². The third-order valence-electron chi connectivity index (χ3n) is 3.96. The van der Waals surface area contributed by atoms with Crippen LogP contribution in [0, 0.1) is 0 Å². The van der Waals surface area contributed by atoms with Gasteiger partial charge in [-0.15, -0.1) is 0 Å². The number of thioether (sulfide) groups is 1. The molecule has 0 bridgehead atoms. The smallest absolute Gasteiger partial charge is 0.338 e. The summed E-state index contributed by atoms with van der Waals surface area (Å²) in [5.41, 5.74) is 0.874. The monoisotopic (exact) mass is 435 g/mol. The molecule has 1 heterocycles. The number of amides is 2. The summed E-state index contributed by atoms with van der Waals surface area (Å²) in [4.78, 5) is 54.1. The molecule has 2 amide bonds. The molecular formula is C20H25N3O6S. The lowest BCUT2D eigenvalue weighted by atomic mass is 10.2. The zero-order valence-electron chi connectivity index (χ0n) is 17.2. The molecule has 10 heteroatoms. The summed E-state index contributed by atoms with van der Waals surface area (Å²) in [5.74, 6) is -1.62. The van der Waals surface area contributed by atoms with Crippen molar-refractivity contribution < 1.29 is 28.7 Å². The van der Waals surface area contributed by atoms with Gasteiger partial charge in [-0.25, -0.2) is 9.79 Å². The minimum Gasteiger partial charge on any atom is -0.465 e. The summed E-state index contributed by atoms with van der Waals surface area (Å²) in [7, 11) is 0. The van der Waals surface area contributed by atoms with Crippen LogP contribution in [0.25, 0.3) is 0 Å². The van der Waals surface area contributed by atoms with Gasteiger partial charge in [0, 0.05) is 13.0 Å². The van der Waals surface area contributed by atoms with E-state index >= 15 is 0 Å². The molecule has 0 spiro atoms. The van der Waals surface area contributed by atoms with Crippen LogP contribution in [0.4, 0.5) is 5.69 Å². The summed E-state index contributed by atoms with van der Waals surface area (Å²) < 4.78 is 9.89. The van der Waals surface area contributed by atoms with Gasteiger partial charge in [0.05, 0.1) is 24.5 Å². The predicted molar refractivity (Wildman–Crippen MR) is 113 cm³/mol. The third-order valence-corrected chi connectivity index (χ3v) is 5.14. The summed E-state index contributed by atoms with van der Waals surface area (Å²) >= 11 is 1.12. The van der Waals surface area contributed by atoms with Crippen LogP contribution in [0.5, 0.6) is 0 Å². The first kappa shape index (κ1) is 23.4. The molecule has 0 radical (unpaired) electrons. The highest BCUT2D eigenvalue weighted by molar-refractivity contribution is 8.15. The van der Waals surface area contributed by atoms with Crippen LogP contribution in [0.15, 0.2) is 29.3 Å². The number of hydrogen-bond donors (Lipinski definition) is 1. The Kier molecular flexibility index (Phi) is 8.85. The Morgan fingerprint density at radius 1 is 1.10 bits per heavy atom. The van der Waals surface area contributed by atoms with Crippen molar-refractivity contribution in [2.24, 2.45) is 4.99 Å². The molecule has 30 heavy (non-hydrogen) atoms. The van der Waals surface area contributed by atoms with E-state index in [4.69, 9.17) is 9.47 Å². The maximum absolute atomic E-state index is 12.8. The summed E-state index contributed by atoms with van der Waals surface area (Å²) in [6.07, 6.45) is -0.0164. The fourth-order valence-electron chi connectivity index (χ4n) is 2.64. The highest BCUT2D eigenvalue weighted by Gasteiger charge is 2.40. The van der Waals surface area contributed by atoms with Crippen LogP contribution >= 0.6 is 11.8 Å². The van der Waals surface area contributed by atoms with E-state index in [0.717, 1.165) is 11.8 Å². The van der Waals surface area contributed by atoms with Gasteiger partial charge in [0.1, 0.15) is 11.8 Å². The highest BCUT2D eigenvalue weighted by atomic mass is 32.2. The van der Waals surface area contributed by atoms with Crippen LogP contribution < -0.4 is 5.32 Å². The van der Waals surface area contributed by atoms with E-state index in [-0.39, 0.29) is 38.0 Å². The molecule has 0 unspecified atom stereocenters. The predicted octanol–water partition coefficient (Wildman–Crippen LogP) is 1.88. The van der Waals surface area contributed by atoms with Crippen molar-refractivity contribution in [3.8, 4) is 0 Å². The minimum absolute atomic E-state index is 0.0164. The molecule has 1 N–H and O–H groups in total. The van der Waals surface area contributed by atoms with E-state index in [9.17, 15) is 19.2 Å². The van der Waals surface area contributed by atoms with Gasteiger partial charge in [-0.1, -0.05) is 11.8 Å². The second kappa shape index (κ2) is 11.3. The first-order chi connectivity index (χ1) is 14.4. The SMILES string of the molecule is CCNC(=O)C[C@@H]1SC(=Nc2ccc(C(=O)OCC)cc2)N(CC(=O)OCC)C1=O. The van der Waals surface area contributed by atoms with E-state index in [1.807, 2.05) is 0 Å². The number of rotatable bonds is 9. The zero-order valence-corrected chi connectivity index (χ0v) is 18.0. The van der Waals surface area contributed by atoms with E-state index < -0.39 is 17.2 Å². The van der Waals surface area contributed by atoms with Crippen LogP contribution in [-0.4, -0.2) is 65.4 Å². The summed E-state index contributed by atoms with van der Waals surface area (Å²) in [5, 5.41) is 2.28. The number of benzene rings is 1. The molecule has 1 fully saturated rings. The molecular weight excluding hydrogens is 410 g/mol. The highest BCUT2D eigenvalue weighted by Crippen LogP contribution is 2.31. The molecule has 1 atom stereocenters. The molecule has 0 saturated carbocycles. The molecule has 0 aliphatic carbocycles. The Bertz CT molecular complexity index is 824. The van der Waals surface area contributed by atoms with E-state index in [1.54, 1.807) is 45.0 Å². The number of aliphatic imine (C=N–C) groups is 1. The van der Waals surface area contributed by atoms with Crippen molar-refractivity contribution in [2.75, 3.05) is 26.3 Å². The van der Waals surface area contributed by atoms with Crippen LogP contribution in [0.1, 0.15) is 37.6 Å². The molecule has 1 aliphatic heterocycles. The van der Waals surface area contributed by atoms with Gasteiger partial charge in [0.2, 0.25) is 11.8 Å². The quantitative estimate of drug-likeness (QED) is 0.589. The molecule has 1 aromatic rings. The molecule has 0 aromatic heterocycles. The van der Waals surface area contributed by atoms with Gasteiger partial charge < -0.3 is 14.8 Å².